The predicted molar refractivity (Wildman–Crippen MR) is 109 cm³/mol. The number of hydrogen-bond donors (Lipinski definition) is 1. The van der Waals surface area contributed by atoms with Crippen LogP contribution in [0.3, 0.4) is 0 Å². The van der Waals surface area contributed by atoms with Gasteiger partial charge in [-0.05, 0) is 30.7 Å². The van der Waals surface area contributed by atoms with Gasteiger partial charge in [-0.2, -0.15) is 0 Å². The van der Waals surface area contributed by atoms with Crippen LogP contribution in [0, 0.1) is 0 Å². The van der Waals surface area contributed by atoms with Crippen molar-refractivity contribution in [2.24, 2.45) is 0 Å². The van der Waals surface area contributed by atoms with Gasteiger partial charge in [0.15, 0.2) is 6.61 Å². The first-order chi connectivity index (χ1) is 13.5. The van der Waals surface area contributed by atoms with E-state index in [4.69, 9.17) is 22.1 Å². The Morgan fingerprint density at radius 3 is 2.43 bits per heavy atom. The number of esters is 1. The van der Waals surface area contributed by atoms with E-state index >= 15 is 0 Å². The number of ether oxygens (including phenoxy) is 1. The number of nitrogen functional groups attached to an aromatic ring is 1. The molecule has 1 heterocycles. The van der Waals surface area contributed by atoms with Gasteiger partial charge in [-0.1, -0.05) is 41.9 Å². The Morgan fingerprint density at radius 2 is 1.79 bits per heavy atom. The smallest absolute Gasteiger partial charge is 0.338 e. The van der Waals surface area contributed by atoms with Crippen LogP contribution >= 0.6 is 11.6 Å². The fraction of sp³-hybridized carbons (Fsp3) is 0.333. The largest absolute Gasteiger partial charge is 0.452 e. The summed E-state index contributed by atoms with van der Waals surface area (Å²) in [6, 6.07) is 15.1. The molecule has 0 aliphatic carbocycles. The van der Waals surface area contributed by atoms with Gasteiger partial charge in [-0.25, -0.2) is 4.79 Å². The van der Waals surface area contributed by atoms with Crippen molar-refractivity contribution in [2.75, 3.05) is 38.5 Å². The summed E-state index contributed by atoms with van der Waals surface area (Å²) >= 11 is 5.85. The molecule has 0 aromatic heterocycles. The molecule has 1 amide bonds. The lowest BCUT2D eigenvalue weighted by atomic mass is 10.1. The van der Waals surface area contributed by atoms with E-state index in [1.165, 1.54) is 23.8 Å². The monoisotopic (exact) mass is 401 g/mol. The van der Waals surface area contributed by atoms with E-state index < -0.39 is 5.97 Å². The van der Waals surface area contributed by atoms with Gasteiger partial charge in [-0.15, -0.1) is 0 Å². The second-order valence-corrected chi connectivity index (χ2v) is 7.22. The van der Waals surface area contributed by atoms with E-state index in [-0.39, 0.29) is 18.1 Å². The molecular formula is C21H24ClN3O3. The summed E-state index contributed by atoms with van der Waals surface area (Å²) in [7, 11) is 0. The quantitative estimate of drug-likeness (QED) is 0.615. The molecule has 148 valence electrons. The van der Waals surface area contributed by atoms with Crippen molar-refractivity contribution < 1.29 is 14.3 Å². The summed E-state index contributed by atoms with van der Waals surface area (Å²) < 4.78 is 5.14. The third-order valence-corrected chi connectivity index (χ3v) is 5.40. The molecule has 1 saturated heterocycles. The summed E-state index contributed by atoms with van der Waals surface area (Å²) in [6.07, 6.45) is 0. The molecule has 1 unspecified atom stereocenters. The minimum atomic E-state index is -0.590. The molecule has 2 N–H and O–H groups in total. The number of nitrogens with two attached hydrogens (primary N) is 1. The van der Waals surface area contributed by atoms with Crippen LogP contribution in [-0.2, 0) is 9.53 Å². The lowest BCUT2D eigenvalue weighted by Gasteiger charge is -2.38. The van der Waals surface area contributed by atoms with E-state index in [0.29, 0.717) is 29.8 Å². The first kappa shape index (κ1) is 20.2. The Kier molecular flexibility index (Phi) is 6.54. The van der Waals surface area contributed by atoms with Crippen LogP contribution in [-0.4, -0.2) is 54.5 Å². The molecule has 28 heavy (non-hydrogen) atoms. The Balaban J connectivity index is 1.47. The lowest BCUT2D eigenvalue weighted by Crippen LogP contribution is -2.50. The number of benzene rings is 2. The van der Waals surface area contributed by atoms with Gasteiger partial charge in [-0.3, -0.25) is 9.69 Å². The van der Waals surface area contributed by atoms with Gasteiger partial charge in [0.1, 0.15) is 0 Å². The van der Waals surface area contributed by atoms with Crippen molar-refractivity contribution in [2.45, 2.75) is 13.0 Å². The summed E-state index contributed by atoms with van der Waals surface area (Å²) in [5, 5.41) is 0.371. The second-order valence-electron chi connectivity index (χ2n) is 6.82. The van der Waals surface area contributed by atoms with Gasteiger partial charge in [0.2, 0.25) is 0 Å². The number of carbonyl (C=O) groups excluding carboxylic acids is 2. The number of rotatable bonds is 5. The van der Waals surface area contributed by atoms with Crippen molar-refractivity contribution in [1.29, 1.82) is 0 Å². The maximum absolute atomic E-state index is 12.4. The standard InChI is InChI=1S/C21H24ClN3O3/c1-15(16-5-3-2-4-6-16)24-9-11-25(12-10-24)20(26)14-28-21(27)17-7-8-18(22)19(23)13-17/h2-8,13,15H,9-12,14,23H2,1H3. The van der Waals surface area contributed by atoms with Gasteiger partial charge < -0.3 is 15.4 Å². The van der Waals surface area contributed by atoms with E-state index in [2.05, 4.69) is 24.0 Å². The average molecular weight is 402 g/mol. The van der Waals surface area contributed by atoms with Crippen molar-refractivity contribution in [1.82, 2.24) is 9.80 Å². The minimum Gasteiger partial charge on any atom is -0.452 e. The molecule has 1 fully saturated rings. The van der Waals surface area contributed by atoms with E-state index in [1.807, 2.05) is 18.2 Å². The van der Waals surface area contributed by atoms with Gasteiger partial charge in [0.25, 0.3) is 5.91 Å². The fourth-order valence-electron chi connectivity index (χ4n) is 3.27. The number of nitrogens with zero attached hydrogens (tertiary/aromatic N) is 2. The predicted octanol–water partition coefficient (Wildman–Crippen LogP) is 2.98. The highest BCUT2D eigenvalue weighted by molar-refractivity contribution is 6.33. The zero-order valence-corrected chi connectivity index (χ0v) is 16.6. The molecule has 7 heteroatoms. The Bertz CT molecular complexity index is 836. The van der Waals surface area contributed by atoms with E-state index in [0.717, 1.165) is 13.1 Å². The minimum absolute atomic E-state index is 0.192. The molecule has 0 saturated carbocycles. The van der Waals surface area contributed by atoms with Crippen molar-refractivity contribution in [3.05, 3.63) is 64.7 Å². The van der Waals surface area contributed by atoms with Crippen LogP contribution in [0.5, 0.6) is 0 Å². The van der Waals surface area contributed by atoms with E-state index in [1.54, 1.807) is 4.90 Å². The van der Waals surface area contributed by atoms with Gasteiger partial charge in [0.05, 0.1) is 16.3 Å². The first-order valence-corrected chi connectivity index (χ1v) is 9.62. The zero-order chi connectivity index (χ0) is 20.1. The normalized spacial score (nSPS) is 15.9. The average Bonchev–Trinajstić information content (AvgIpc) is 2.74. The number of halogens is 1. The number of carbonyl (C=O) groups is 2. The number of amides is 1. The first-order valence-electron chi connectivity index (χ1n) is 9.24. The van der Waals surface area contributed by atoms with Crippen LogP contribution in [0.25, 0.3) is 0 Å². The zero-order valence-electron chi connectivity index (χ0n) is 15.8. The molecule has 2 aromatic carbocycles. The lowest BCUT2D eigenvalue weighted by molar-refractivity contribution is -0.136. The second kappa shape index (κ2) is 9.08. The Labute approximate surface area is 169 Å². The molecule has 0 bridgehead atoms. The van der Waals surface area contributed by atoms with Crippen molar-refractivity contribution >= 4 is 29.2 Å². The van der Waals surface area contributed by atoms with Crippen molar-refractivity contribution in [3.63, 3.8) is 0 Å². The third kappa shape index (κ3) is 4.82. The number of hydrogen-bond acceptors (Lipinski definition) is 5. The molecule has 3 rings (SSSR count). The fourth-order valence-corrected chi connectivity index (χ4v) is 3.39. The summed E-state index contributed by atoms with van der Waals surface area (Å²) in [6.45, 7) is 4.68. The highest BCUT2D eigenvalue weighted by atomic mass is 35.5. The Hall–Kier alpha value is -2.57. The molecule has 1 aliphatic rings. The Morgan fingerprint density at radius 1 is 1.11 bits per heavy atom. The number of anilines is 1. The van der Waals surface area contributed by atoms with Crippen LogP contribution in [0.2, 0.25) is 5.02 Å². The van der Waals surface area contributed by atoms with Crippen molar-refractivity contribution in [3.8, 4) is 0 Å². The number of piperazine rings is 1. The molecular weight excluding hydrogens is 378 g/mol. The van der Waals surface area contributed by atoms with Crippen LogP contribution in [0.1, 0.15) is 28.9 Å². The molecule has 1 aliphatic heterocycles. The van der Waals surface area contributed by atoms with Gasteiger partial charge in [0, 0.05) is 32.2 Å². The maximum Gasteiger partial charge on any atom is 0.338 e. The van der Waals surface area contributed by atoms with Gasteiger partial charge >= 0.3 is 5.97 Å². The molecule has 6 nitrogen and oxygen atoms in total. The molecule has 0 radical (unpaired) electrons. The summed E-state index contributed by atoms with van der Waals surface area (Å²) in [5.74, 6) is -0.782. The van der Waals surface area contributed by atoms with Crippen LogP contribution < -0.4 is 5.73 Å². The maximum atomic E-state index is 12.4. The summed E-state index contributed by atoms with van der Waals surface area (Å²) in [5.41, 5.74) is 7.53. The van der Waals surface area contributed by atoms with E-state index in [9.17, 15) is 9.59 Å². The molecule has 0 spiro atoms. The third-order valence-electron chi connectivity index (χ3n) is 5.06. The molecule has 1 atom stereocenters. The highest BCUT2D eigenvalue weighted by Gasteiger charge is 2.25. The molecule has 2 aromatic rings. The summed E-state index contributed by atoms with van der Waals surface area (Å²) in [4.78, 5) is 28.6. The topological polar surface area (TPSA) is 75.9 Å². The van der Waals surface area contributed by atoms with Crippen LogP contribution in [0.15, 0.2) is 48.5 Å². The highest BCUT2D eigenvalue weighted by Crippen LogP contribution is 2.22. The SMILES string of the molecule is CC(c1ccccc1)N1CCN(C(=O)COC(=O)c2ccc(Cl)c(N)c2)CC1. The van der Waals surface area contributed by atoms with Crippen LogP contribution in [0.4, 0.5) is 5.69 Å².